The van der Waals surface area contributed by atoms with Crippen LogP contribution in [0.2, 0.25) is 0 Å². The van der Waals surface area contributed by atoms with Gasteiger partial charge in [-0.05, 0) is 80.4 Å². The minimum Gasteiger partial charge on any atom is -0.290 e. The summed E-state index contributed by atoms with van der Waals surface area (Å²) in [6.07, 6.45) is -6.81. The molecule has 0 N–H and O–H groups in total. The number of hydrogen-bond acceptors (Lipinski definition) is 1. The van der Waals surface area contributed by atoms with E-state index in [0.717, 1.165) is 13.4 Å². The van der Waals surface area contributed by atoms with E-state index in [0.29, 0.717) is 11.7 Å². The number of hydrogen-bond donors (Lipinski definition) is 0. The Morgan fingerprint density at radius 2 is 0.526 bits per heavy atom. The summed E-state index contributed by atoms with van der Waals surface area (Å²) in [6, 6.07) is 35.2. The summed E-state index contributed by atoms with van der Waals surface area (Å²) in [5.41, 5.74) is -13.7. The van der Waals surface area contributed by atoms with Crippen LogP contribution in [-0.4, -0.2) is 18.1 Å². The van der Waals surface area contributed by atoms with Crippen LogP contribution in [0.3, 0.4) is 0 Å². The normalized spacial score (nSPS) is 11.7. The van der Waals surface area contributed by atoms with Crippen molar-refractivity contribution in [1.29, 1.82) is 0 Å². The summed E-state index contributed by atoms with van der Waals surface area (Å²) in [5.74, 6) is -71.3. The summed E-state index contributed by atoms with van der Waals surface area (Å²) >= 11 is 10.7. The molecule has 0 radical (unpaired) electrons. The fraction of sp³-hybridized carbons (Fsp3) is 0.0200. The van der Waals surface area contributed by atoms with Gasteiger partial charge in [-0.2, -0.15) is 0 Å². The molecule has 26 heteroatoms. The lowest BCUT2D eigenvalue weighted by atomic mass is 9.12. The van der Waals surface area contributed by atoms with Gasteiger partial charge in [-0.15, -0.1) is 21.9 Å². The summed E-state index contributed by atoms with van der Waals surface area (Å²) in [4.78, 5) is 13.9. The van der Waals surface area contributed by atoms with Gasteiger partial charge in [-0.25, -0.2) is 87.8 Å². The monoisotopic (exact) mass is 1290 g/mol. The second-order valence-electron chi connectivity index (χ2n) is 15.9. The molecule has 0 aliphatic heterocycles. The van der Waals surface area contributed by atoms with Gasteiger partial charge in [0.15, 0.2) is 69.8 Å². The first-order valence-corrected chi connectivity index (χ1v) is 25.0. The van der Waals surface area contributed by atoms with Crippen LogP contribution in [0.25, 0.3) is 0 Å². The zero-order valence-electron chi connectivity index (χ0n) is 36.6. The second-order valence-corrected chi connectivity index (χ2v) is 22.1. The molecule has 0 saturated carbocycles. The first-order valence-electron chi connectivity index (χ1n) is 20.7. The van der Waals surface area contributed by atoms with Gasteiger partial charge in [0.25, 0.3) is 0 Å². The highest BCUT2D eigenvalue weighted by atomic mass is 79.9. The van der Waals surface area contributed by atoms with Gasteiger partial charge in [-0.1, -0.05) is 70.5 Å². The smallest absolute Gasteiger partial charge is 0.203 e. The van der Waals surface area contributed by atoms with E-state index in [9.17, 15) is 57.5 Å². The number of benzene rings is 8. The Morgan fingerprint density at radius 1 is 0.329 bits per heavy atom. The van der Waals surface area contributed by atoms with E-state index in [1.54, 1.807) is 0 Å². The molecule has 0 amide bonds. The highest BCUT2D eigenvalue weighted by molar-refractivity contribution is 9.11. The third-order valence-electron chi connectivity index (χ3n) is 12.0. The Bertz CT molecular complexity index is 3130. The van der Waals surface area contributed by atoms with Crippen molar-refractivity contribution in [3.05, 3.63) is 238 Å². The molecule has 76 heavy (non-hydrogen) atoms. The van der Waals surface area contributed by atoms with Crippen LogP contribution in [0, 0.1) is 116 Å². The predicted molar refractivity (Wildman–Crippen MR) is 253 cm³/mol. The molecule has 8 aromatic carbocycles. The van der Waals surface area contributed by atoms with E-state index in [4.69, 9.17) is 0 Å². The molecule has 0 saturated heterocycles. The van der Waals surface area contributed by atoms with Gasteiger partial charge < -0.3 is 0 Å². The zero-order chi connectivity index (χ0) is 56.2. The number of rotatable bonds is 10. The molecule has 0 atom stereocenters. The van der Waals surface area contributed by atoms with Crippen molar-refractivity contribution in [2.75, 3.05) is 6.16 Å². The molecule has 0 unspecified atom stereocenters. The SMILES string of the molecule is Fc1c(F)c(F)c([B-](c2c(F)c(F)c(F)c(F)c2F)(c2c(F)c(F)c(F)c(F)c2F)c2c(F)c(F)c(F)c(F)c2F)c(F)c1F.O=C(C[P+](c1ccccc1)(c1ccccc1)c1ccccc1)c1c(Br)cc(Br)cc1Br. The Hall–Kier alpha value is -6.04. The molecule has 0 aliphatic carbocycles. The Morgan fingerprint density at radius 3 is 0.737 bits per heavy atom. The topological polar surface area (TPSA) is 17.1 Å². The van der Waals surface area contributed by atoms with Gasteiger partial charge in [0, 0.05) is 19.0 Å². The average Bonchev–Trinajstić information content (AvgIpc) is 3.40. The molecule has 0 bridgehead atoms. The van der Waals surface area contributed by atoms with Gasteiger partial charge in [0.05, 0.1) is 0 Å². The molecule has 8 aromatic rings. The largest absolute Gasteiger partial charge is 0.290 e. The maximum atomic E-state index is 15.4. The van der Waals surface area contributed by atoms with Gasteiger partial charge in [0.2, 0.25) is 5.78 Å². The summed E-state index contributed by atoms with van der Waals surface area (Å²) in [7, 11) is -2.23. The maximum Gasteiger partial charge on any atom is 0.203 e. The molecule has 0 fully saturated rings. The number of carbonyl (C=O) groups is 1. The number of Topliss-reactive ketones (excluding diaryl/α,β-unsaturated/α-hetero) is 1. The van der Waals surface area contributed by atoms with Crippen LogP contribution in [0.5, 0.6) is 0 Å². The molecular weight excluding hydrogens is 1280 g/mol. The van der Waals surface area contributed by atoms with Crippen molar-refractivity contribution in [2.45, 2.75) is 0 Å². The lowest BCUT2D eigenvalue weighted by molar-refractivity contribution is 0.102. The minimum atomic E-state index is -7.22. The molecule has 0 aromatic heterocycles. The van der Waals surface area contributed by atoms with Crippen LogP contribution >= 0.6 is 55.1 Å². The van der Waals surface area contributed by atoms with Crippen molar-refractivity contribution in [1.82, 2.24) is 0 Å². The van der Waals surface area contributed by atoms with Crippen molar-refractivity contribution >= 4 is 105 Å². The Balaban J connectivity index is 0.000000236. The van der Waals surface area contributed by atoms with E-state index in [2.05, 4.69) is 121 Å². The van der Waals surface area contributed by atoms with E-state index >= 15 is 35.1 Å². The van der Waals surface area contributed by atoms with Crippen LogP contribution in [0.4, 0.5) is 87.8 Å². The van der Waals surface area contributed by atoms with E-state index < -0.39 is 152 Å². The zero-order valence-corrected chi connectivity index (χ0v) is 42.3. The number of halogens is 23. The third kappa shape index (κ3) is 9.31. The molecule has 1 nitrogen and oxygen atoms in total. The molecular formula is C50H19BBr3F20OP. The summed E-state index contributed by atoms with van der Waals surface area (Å²) in [5, 5.41) is 3.60. The van der Waals surface area contributed by atoms with Crippen LogP contribution in [0.1, 0.15) is 10.4 Å². The van der Waals surface area contributed by atoms with Crippen molar-refractivity contribution in [3.63, 3.8) is 0 Å². The molecule has 0 aliphatic rings. The van der Waals surface area contributed by atoms with Crippen molar-refractivity contribution in [2.24, 2.45) is 0 Å². The van der Waals surface area contributed by atoms with E-state index in [1.165, 1.54) is 15.9 Å². The first kappa shape index (κ1) is 57.7. The predicted octanol–water partition coefficient (Wildman–Crippen LogP) is 13.0. The Labute approximate surface area is 439 Å². The van der Waals surface area contributed by atoms with E-state index in [-0.39, 0.29) is 5.78 Å². The maximum absolute atomic E-state index is 15.4. The number of ketones is 1. The van der Waals surface area contributed by atoms with Gasteiger partial charge >= 0.3 is 0 Å². The lowest BCUT2D eigenvalue weighted by Crippen LogP contribution is -2.81. The van der Waals surface area contributed by atoms with Crippen molar-refractivity contribution < 1.29 is 92.6 Å². The van der Waals surface area contributed by atoms with Crippen molar-refractivity contribution in [3.8, 4) is 0 Å². The quantitative estimate of drug-likeness (QED) is 0.0333. The van der Waals surface area contributed by atoms with Gasteiger partial charge in [-0.3, -0.25) is 4.79 Å². The fourth-order valence-electron chi connectivity index (χ4n) is 8.75. The third-order valence-corrected chi connectivity index (χ3v) is 18.0. The summed E-state index contributed by atoms with van der Waals surface area (Å²) < 4.78 is 296. The van der Waals surface area contributed by atoms with Crippen LogP contribution in [-0.2, 0) is 0 Å². The van der Waals surface area contributed by atoms with Crippen LogP contribution in [0.15, 0.2) is 117 Å². The molecule has 0 spiro atoms. The first-order chi connectivity index (χ1) is 35.7. The molecule has 394 valence electrons. The van der Waals surface area contributed by atoms with Crippen LogP contribution < -0.4 is 37.8 Å². The lowest BCUT2D eigenvalue weighted by Gasteiger charge is -2.44. The standard InChI is InChI=1S/C26H19Br3OP.C24BF20/c27-19-16-23(28)26(24(29)17-19)25(30)18-31(20-10-4-1-5-11-20,21-12-6-2-7-13-21)22-14-8-3-9-15-22;26-5-1(6(27)14(35)21(42)13(5)34)25(2-7(28)15(36)22(43)16(37)8(2)29,3-9(30)17(38)23(44)18(39)10(3)31)4-11(32)19(40)24(45)20(41)12(4)33/h1-17H,18H2;/q+1;-1. The van der Waals surface area contributed by atoms with Gasteiger partial charge in [0.1, 0.15) is 82.0 Å². The molecule has 0 heterocycles. The number of carbonyl (C=O) groups excluding carboxylic acids is 1. The minimum absolute atomic E-state index is 0.108. The fourth-order valence-corrected chi connectivity index (χ4v) is 15.5. The van der Waals surface area contributed by atoms with E-state index in [1.807, 2.05) is 30.3 Å². The average molecular weight is 1300 g/mol. The Kier molecular flexibility index (Phi) is 16.8. The second kappa shape index (κ2) is 22.1. The molecule has 8 rings (SSSR count). The summed E-state index contributed by atoms with van der Waals surface area (Å²) in [6.45, 7) is 0. The highest BCUT2D eigenvalue weighted by Gasteiger charge is 2.53. The highest BCUT2D eigenvalue weighted by Crippen LogP contribution is 2.56.